The number of benzene rings is 1. The number of nitrogens with one attached hydrogen (secondary N) is 1. The van der Waals surface area contributed by atoms with Gasteiger partial charge in [-0.3, -0.25) is 0 Å². The minimum Gasteiger partial charge on any atom is -0.385 e. The van der Waals surface area contributed by atoms with Crippen LogP contribution >= 0.6 is 22.6 Å². The highest BCUT2D eigenvalue weighted by Crippen LogP contribution is 2.29. The van der Waals surface area contributed by atoms with Crippen molar-refractivity contribution in [2.75, 3.05) is 11.9 Å². The molecule has 0 radical (unpaired) electrons. The summed E-state index contributed by atoms with van der Waals surface area (Å²) in [6.45, 7) is 3.31. The van der Waals surface area contributed by atoms with Crippen LogP contribution in [-0.2, 0) is 0 Å². The summed E-state index contributed by atoms with van der Waals surface area (Å²) in [5, 5.41) is 3.51. The van der Waals surface area contributed by atoms with Crippen LogP contribution in [0.5, 0.6) is 0 Å². The smallest absolute Gasteiger partial charge is 0.0380 e. The zero-order valence-corrected chi connectivity index (χ0v) is 9.97. The zero-order valence-electron chi connectivity index (χ0n) is 7.81. The molecule has 1 aromatic rings. The second-order valence-electron chi connectivity index (χ2n) is 3.78. The summed E-state index contributed by atoms with van der Waals surface area (Å²) in [7, 11) is 0. The first-order valence-corrected chi connectivity index (χ1v) is 5.83. The molecule has 1 aromatic carbocycles. The number of halogens is 1. The fourth-order valence-electron chi connectivity index (χ4n) is 1.36. The maximum atomic E-state index is 3.51. The largest absolute Gasteiger partial charge is 0.385 e. The van der Waals surface area contributed by atoms with E-state index in [4.69, 9.17) is 0 Å². The van der Waals surface area contributed by atoms with Gasteiger partial charge in [-0.25, -0.2) is 0 Å². The molecule has 0 aromatic heterocycles. The van der Waals surface area contributed by atoms with Crippen LogP contribution < -0.4 is 5.32 Å². The topological polar surface area (TPSA) is 12.0 Å². The number of anilines is 1. The van der Waals surface area contributed by atoms with Crippen LogP contribution in [-0.4, -0.2) is 6.54 Å². The summed E-state index contributed by atoms with van der Waals surface area (Å²) in [6, 6.07) is 6.55. The number of aryl methyl sites for hydroxylation is 1. The Morgan fingerprint density at radius 3 is 2.92 bits per heavy atom. The summed E-state index contributed by atoms with van der Waals surface area (Å²) < 4.78 is 1.31. The van der Waals surface area contributed by atoms with Crippen molar-refractivity contribution in [3.63, 3.8) is 0 Å². The van der Waals surface area contributed by atoms with Crippen molar-refractivity contribution in [2.24, 2.45) is 5.92 Å². The standard InChI is InChI=1S/C11H14IN/c1-8-2-5-10(12)6-11(8)13-7-9-3-4-9/h2,5-6,9,13H,3-4,7H2,1H3. The van der Waals surface area contributed by atoms with Gasteiger partial charge in [-0.15, -0.1) is 0 Å². The molecule has 1 aliphatic rings. The molecule has 1 nitrogen and oxygen atoms in total. The third kappa shape index (κ3) is 2.59. The molecule has 0 unspecified atom stereocenters. The molecule has 0 aliphatic heterocycles. The Balaban J connectivity index is 2.03. The first kappa shape index (κ1) is 9.31. The van der Waals surface area contributed by atoms with Gasteiger partial charge in [0.2, 0.25) is 0 Å². The van der Waals surface area contributed by atoms with Crippen molar-refractivity contribution in [3.05, 3.63) is 27.3 Å². The summed E-state index contributed by atoms with van der Waals surface area (Å²) in [5.74, 6) is 0.942. The first-order chi connectivity index (χ1) is 6.25. The maximum absolute atomic E-state index is 3.51. The molecule has 1 aliphatic carbocycles. The molecule has 0 heterocycles. The number of hydrogen-bond donors (Lipinski definition) is 1. The zero-order chi connectivity index (χ0) is 9.26. The van der Waals surface area contributed by atoms with Crippen LogP contribution in [0.3, 0.4) is 0 Å². The third-order valence-corrected chi connectivity index (χ3v) is 3.15. The van der Waals surface area contributed by atoms with Gasteiger partial charge in [0.05, 0.1) is 0 Å². The molecular formula is C11H14IN. The van der Waals surface area contributed by atoms with Crippen molar-refractivity contribution in [3.8, 4) is 0 Å². The Morgan fingerprint density at radius 2 is 2.23 bits per heavy atom. The Morgan fingerprint density at radius 1 is 1.46 bits per heavy atom. The Labute approximate surface area is 93.1 Å². The Kier molecular flexibility index (Phi) is 2.77. The van der Waals surface area contributed by atoms with Gasteiger partial charge in [0, 0.05) is 15.8 Å². The minimum atomic E-state index is 0.942. The van der Waals surface area contributed by atoms with Crippen LogP contribution in [0.15, 0.2) is 18.2 Å². The molecule has 0 atom stereocenters. The van der Waals surface area contributed by atoms with Gasteiger partial charge in [0.25, 0.3) is 0 Å². The average molecular weight is 287 g/mol. The highest BCUT2D eigenvalue weighted by atomic mass is 127. The van der Waals surface area contributed by atoms with Crippen molar-refractivity contribution >= 4 is 28.3 Å². The van der Waals surface area contributed by atoms with Crippen molar-refractivity contribution in [1.29, 1.82) is 0 Å². The van der Waals surface area contributed by atoms with Crippen LogP contribution in [0.2, 0.25) is 0 Å². The quantitative estimate of drug-likeness (QED) is 0.840. The molecule has 0 saturated heterocycles. The normalized spacial score (nSPS) is 15.8. The average Bonchev–Trinajstić information content (AvgIpc) is 2.90. The maximum Gasteiger partial charge on any atom is 0.0380 e. The van der Waals surface area contributed by atoms with Crippen molar-refractivity contribution in [2.45, 2.75) is 19.8 Å². The molecule has 2 heteroatoms. The van der Waals surface area contributed by atoms with E-state index in [2.05, 4.69) is 53.0 Å². The minimum absolute atomic E-state index is 0.942. The van der Waals surface area contributed by atoms with E-state index in [1.165, 1.54) is 27.7 Å². The summed E-state index contributed by atoms with van der Waals surface area (Å²) in [6.07, 6.45) is 2.83. The number of hydrogen-bond acceptors (Lipinski definition) is 1. The summed E-state index contributed by atoms with van der Waals surface area (Å²) in [4.78, 5) is 0. The van der Waals surface area contributed by atoms with Gasteiger partial charge in [0.1, 0.15) is 0 Å². The van der Waals surface area contributed by atoms with Gasteiger partial charge < -0.3 is 5.32 Å². The van der Waals surface area contributed by atoms with Gasteiger partial charge in [-0.05, 0) is 66.0 Å². The lowest BCUT2D eigenvalue weighted by Gasteiger charge is -2.08. The molecule has 1 saturated carbocycles. The van der Waals surface area contributed by atoms with Crippen molar-refractivity contribution in [1.82, 2.24) is 0 Å². The summed E-state index contributed by atoms with van der Waals surface area (Å²) in [5.41, 5.74) is 2.65. The van der Waals surface area contributed by atoms with E-state index in [9.17, 15) is 0 Å². The monoisotopic (exact) mass is 287 g/mol. The van der Waals surface area contributed by atoms with Crippen LogP contribution in [0, 0.1) is 16.4 Å². The highest BCUT2D eigenvalue weighted by Gasteiger charge is 2.20. The van der Waals surface area contributed by atoms with Crippen molar-refractivity contribution < 1.29 is 0 Å². The van der Waals surface area contributed by atoms with Gasteiger partial charge in [-0.1, -0.05) is 6.07 Å². The predicted octanol–water partition coefficient (Wildman–Crippen LogP) is 3.42. The predicted molar refractivity (Wildman–Crippen MR) is 65.1 cm³/mol. The summed E-state index contributed by atoms with van der Waals surface area (Å²) >= 11 is 2.35. The van der Waals surface area contributed by atoms with Gasteiger partial charge in [-0.2, -0.15) is 0 Å². The lowest BCUT2D eigenvalue weighted by Crippen LogP contribution is -2.04. The second kappa shape index (κ2) is 3.86. The second-order valence-corrected chi connectivity index (χ2v) is 5.03. The van der Waals surface area contributed by atoms with E-state index in [-0.39, 0.29) is 0 Å². The SMILES string of the molecule is Cc1ccc(I)cc1NCC1CC1. The molecule has 2 rings (SSSR count). The number of rotatable bonds is 3. The fraction of sp³-hybridized carbons (Fsp3) is 0.455. The molecule has 1 N–H and O–H groups in total. The van der Waals surface area contributed by atoms with Crippen LogP contribution in [0.1, 0.15) is 18.4 Å². The Hall–Kier alpha value is -0.250. The van der Waals surface area contributed by atoms with E-state index in [1.54, 1.807) is 0 Å². The van der Waals surface area contributed by atoms with E-state index in [0.717, 1.165) is 12.5 Å². The molecule has 13 heavy (non-hydrogen) atoms. The van der Waals surface area contributed by atoms with Crippen LogP contribution in [0.4, 0.5) is 5.69 Å². The molecule has 0 amide bonds. The lowest BCUT2D eigenvalue weighted by molar-refractivity contribution is 0.888. The van der Waals surface area contributed by atoms with E-state index in [0.29, 0.717) is 0 Å². The first-order valence-electron chi connectivity index (χ1n) is 4.76. The molecular weight excluding hydrogens is 273 g/mol. The molecule has 0 spiro atoms. The van der Waals surface area contributed by atoms with E-state index >= 15 is 0 Å². The van der Waals surface area contributed by atoms with E-state index in [1.807, 2.05) is 0 Å². The third-order valence-electron chi connectivity index (χ3n) is 2.48. The molecule has 0 bridgehead atoms. The lowest BCUT2D eigenvalue weighted by atomic mass is 10.2. The van der Waals surface area contributed by atoms with Gasteiger partial charge in [0.15, 0.2) is 0 Å². The van der Waals surface area contributed by atoms with Gasteiger partial charge >= 0.3 is 0 Å². The molecule has 1 fully saturated rings. The van der Waals surface area contributed by atoms with E-state index < -0.39 is 0 Å². The van der Waals surface area contributed by atoms with Crippen LogP contribution in [0.25, 0.3) is 0 Å². The highest BCUT2D eigenvalue weighted by molar-refractivity contribution is 14.1. The fourth-order valence-corrected chi connectivity index (χ4v) is 1.85. The molecule has 70 valence electrons. The Bertz CT molecular complexity index is 305.